The van der Waals surface area contributed by atoms with Crippen LogP contribution in [0.1, 0.15) is 49.7 Å². The van der Waals surface area contributed by atoms with Crippen molar-refractivity contribution in [3.63, 3.8) is 0 Å². The number of amides is 1. The van der Waals surface area contributed by atoms with Gasteiger partial charge in [0.1, 0.15) is 0 Å². The smallest absolute Gasteiger partial charge is 0.337 e. The summed E-state index contributed by atoms with van der Waals surface area (Å²) in [6, 6.07) is 21.0. The maximum atomic E-state index is 12.6. The van der Waals surface area contributed by atoms with Crippen LogP contribution >= 0.6 is 0 Å². The minimum atomic E-state index is -1.06. The molecule has 0 radical (unpaired) electrons. The SMILES string of the molecule is Cc1cccc(C(=O)Nc2ccc(N3CC[C@H](c4cccc(C)c4)C3)cc2C(=O)O)c1. The lowest BCUT2D eigenvalue weighted by atomic mass is 9.97. The average molecular weight is 415 g/mol. The number of carbonyl (C=O) groups excluding carboxylic acids is 1. The van der Waals surface area contributed by atoms with Gasteiger partial charge in [-0.15, -0.1) is 0 Å². The molecule has 1 atom stereocenters. The fourth-order valence-corrected chi connectivity index (χ4v) is 4.19. The molecule has 0 spiro atoms. The first kappa shape index (κ1) is 20.7. The molecule has 0 aromatic heterocycles. The molecule has 0 unspecified atom stereocenters. The van der Waals surface area contributed by atoms with Gasteiger partial charge in [0.2, 0.25) is 0 Å². The van der Waals surface area contributed by atoms with Crippen LogP contribution in [0.5, 0.6) is 0 Å². The van der Waals surface area contributed by atoms with Gasteiger partial charge in [0.05, 0.1) is 11.3 Å². The maximum absolute atomic E-state index is 12.6. The molecule has 1 aliphatic rings. The largest absolute Gasteiger partial charge is 0.478 e. The molecule has 0 aliphatic carbocycles. The van der Waals surface area contributed by atoms with Gasteiger partial charge in [-0.1, -0.05) is 47.5 Å². The van der Waals surface area contributed by atoms with E-state index in [1.54, 1.807) is 24.3 Å². The molecule has 31 heavy (non-hydrogen) atoms. The summed E-state index contributed by atoms with van der Waals surface area (Å²) in [5, 5.41) is 12.5. The predicted octanol–water partition coefficient (Wildman–Crippen LogP) is 5.25. The minimum absolute atomic E-state index is 0.0949. The first-order valence-corrected chi connectivity index (χ1v) is 10.5. The van der Waals surface area contributed by atoms with E-state index in [1.165, 1.54) is 11.1 Å². The van der Waals surface area contributed by atoms with Crippen molar-refractivity contribution in [2.75, 3.05) is 23.3 Å². The topological polar surface area (TPSA) is 69.6 Å². The van der Waals surface area contributed by atoms with Crippen molar-refractivity contribution in [1.29, 1.82) is 0 Å². The molecule has 1 saturated heterocycles. The molecule has 2 N–H and O–H groups in total. The monoisotopic (exact) mass is 414 g/mol. The third kappa shape index (κ3) is 4.61. The summed E-state index contributed by atoms with van der Waals surface area (Å²) in [5.41, 5.74) is 5.30. The van der Waals surface area contributed by atoms with Gasteiger partial charge in [-0.2, -0.15) is 0 Å². The third-order valence-corrected chi connectivity index (χ3v) is 5.83. The van der Waals surface area contributed by atoms with Crippen molar-refractivity contribution in [3.05, 3.63) is 94.5 Å². The van der Waals surface area contributed by atoms with Gasteiger partial charge in [-0.3, -0.25) is 4.79 Å². The minimum Gasteiger partial charge on any atom is -0.478 e. The number of benzene rings is 3. The number of anilines is 2. The highest BCUT2D eigenvalue weighted by atomic mass is 16.4. The Hall–Kier alpha value is -3.60. The molecule has 1 amide bonds. The van der Waals surface area contributed by atoms with E-state index in [2.05, 4.69) is 41.4 Å². The molecule has 1 heterocycles. The normalized spacial score (nSPS) is 15.7. The average Bonchev–Trinajstić information content (AvgIpc) is 3.24. The van der Waals surface area contributed by atoms with E-state index < -0.39 is 5.97 Å². The zero-order valence-corrected chi connectivity index (χ0v) is 17.8. The van der Waals surface area contributed by atoms with Crippen LogP contribution in [-0.2, 0) is 0 Å². The zero-order valence-electron chi connectivity index (χ0n) is 17.8. The molecule has 0 saturated carbocycles. The van der Waals surface area contributed by atoms with Crippen LogP contribution in [-0.4, -0.2) is 30.1 Å². The molecule has 3 aromatic carbocycles. The van der Waals surface area contributed by atoms with Crippen molar-refractivity contribution >= 4 is 23.3 Å². The van der Waals surface area contributed by atoms with Crippen LogP contribution in [0.15, 0.2) is 66.7 Å². The fourth-order valence-electron chi connectivity index (χ4n) is 4.19. The highest BCUT2D eigenvalue weighted by molar-refractivity contribution is 6.08. The zero-order chi connectivity index (χ0) is 22.0. The van der Waals surface area contributed by atoms with Gasteiger partial charge in [-0.25, -0.2) is 4.79 Å². The Morgan fingerprint density at radius 3 is 2.42 bits per heavy atom. The molecule has 4 rings (SSSR count). The summed E-state index contributed by atoms with van der Waals surface area (Å²) in [6.07, 6.45) is 1.03. The highest BCUT2D eigenvalue weighted by Crippen LogP contribution is 2.33. The highest BCUT2D eigenvalue weighted by Gasteiger charge is 2.25. The summed E-state index contributed by atoms with van der Waals surface area (Å²) >= 11 is 0. The van der Waals surface area contributed by atoms with Crippen molar-refractivity contribution in [2.45, 2.75) is 26.2 Å². The summed E-state index contributed by atoms with van der Waals surface area (Å²) in [6.45, 7) is 5.72. The summed E-state index contributed by atoms with van der Waals surface area (Å²) in [7, 11) is 0. The van der Waals surface area contributed by atoms with Crippen LogP contribution in [0.2, 0.25) is 0 Å². The van der Waals surface area contributed by atoms with Gasteiger partial charge in [0.15, 0.2) is 0 Å². The molecule has 1 aliphatic heterocycles. The second kappa shape index (κ2) is 8.64. The van der Waals surface area contributed by atoms with E-state index in [0.29, 0.717) is 17.2 Å². The second-order valence-electron chi connectivity index (χ2n) is 8.20. The number of nitrogens with one attached hydrogen (secondary N) is 1. The molecular weight excluding hydrogens is 388 g/mol. The van der Waals surface area contributed by atoms with E-state index >= 15 is 0 Å². The molecule has 5 heteroatoms. The molecule has 0 bridgehead atoms. The van der Waals surface area contributed by atoms with Crippen LogP contribution < -0.4 is 10.2 Å². The van der Waals surface area contributed by atoms with E-state index in [4.69, 9.17) is 0 Å². The molecular formula is C26H26N2O3. The van der Waals surface area contributed by atoms with Gasteiger partial charge in [-0.05, 0) is 56.2 Å². The van der Waals surface area contributed by atoms with Crippen LogP contribution in [0, 0.1) is 13.8 Å². The van der Waals surface area contributed by atoms with Gasteiger partial charge in [0.25, 0.3) is 5.91 Å². The number of carbonyl (C=O) groups is 2. The fraction of sp³-hybridized carbons (Fsp3) is 0.231. The number of carboxylic acid groups (broad SMARTS) is 1. The lowest BCUT2D eigenvalue weighted by Gasteiger charge is -2.20. The number of rotatable bonds is 5. The number of hydrogen-bond donors (Lipinski definition) is 2. The van der Waals surface area contributed by atoms with Crippen molar-refractivity contribution in [3.8, 4) is 0 Å². The van der Waals surface area contributed by atoms with Gasteiger partial charge >= 0.3 is 5.97 Å². The summed E-state index contributed by atoms with van der Waals surface area (Å²) in [4.78, 5) is 26.7. The van der Waals surface area contributed by atoms with Crippen molar-refractivity contribution in [1.82, 2.24) is 0 Å². The van der Waals surface area contributed by atoms with Crippen LogP contribution in [0.25, 0.3) is 0 Å². The Morgan fingerprint density at radius 1 is 0.968 bits per heavy atom. The first-order valence-electron chi connectivity index (χ1n) is 10.5. The van der Waals surface area contributed by atoms with Gasteiger partial charge in [0, 0.05) is 30.3 Å². The van der Waals surface area contributed by atoms with Crippen molar-refractivity contribution < 1.29 is 14.7 Å². The van der Waals surface area contributed by atoms with E-state index in [0.717, 1.165) is 30.8 Å². The van der Waals surface area contributed by atoms with E-state index in [1.807, 2.05) is 25.1 Å². The van der Waals surface area contributed by atoms with E-state index in [-0.39, 0.29) is 11.5 Å². The molecule has 5 nitrogen and oxygen atoms in total. The molecule has 3 aromatic rings. The summed E-state index contributed by atoms with van der Waals surface area (Å²) < 4.78 is 0. The standard InChI is InChI=1S/C26H26N2O3/c1-17-5-3-7-19(13-17)21-11-12-28(16-21)22-9-10-24(23(15-22)26(30)31)27-25(29)20-8-4-6-18(2)14-20/h3-10,13-15,21H,11-12,16H2,1-2H3,(H,27,29)(H,30,31)/t21-/m0/s1. The Morgan fingerprint density at radius 2 is 1.71 bits per heavy atom. The quantitative estimate of drug-likeness (QED) is 0.598. The second-order valence-corrected chi connectivity index (χ2v) is 8.20. The lowest BCUT2D eigenvalue weighted by Crippen LogP contribution is -2.20. The number of carboxylic acids is 1. The third-order valence-electron chi connectivity index (χ3n) is 5.83. The number of hydrogen-bond acceptors (Lipinski definition) is 3. The van der Waals surface area contributed by atoms with Crippen molar-refractivity contribution in [2.24, 2.45) is 0 Å². The Balaban J connectivity index is 1.54. The lowest BCUT2D eigenvalue weighted by molar-refractivity contribution is 0.0698. The molecule has 158 valence electrons. The first-order chi connectivity index (χ1) is 14.9. The van der Waals surface area contributed by atoms with Crippen LogP contribution in [0.3, 0.4) is 0 Å². The van der Waals surface area contributed by atoms with Gasteiger partial charge < -0.3 is 15.3 Å². The number of nitrogens with zero attached hydrogens (tertiary/aromatic N) is 1. The summed E-state index contributed by atoms with van der Waals surface area (Å²) in [5.74, 6) is -0.954. The Kier molecular flexibility index (Phi) is 5.76. The van der Waals surface area contributed by atoms with E-state index in [9.17, 15) is 14.7 Å². The number of aryl methyl sites for hydroxylation is 2. The van der Waals surface area contributed by atoms with Crippen LogP contribution in [0.4, 0.5) is 11.4 Å². The predicted molar refractivity (Wildman–Crippen MR) is 123 cm³/mol. The maximum Gasteiger partial charge on any atom is 0.337 e. The number of aromatic carboxylic acids is 1. The molecule has 1 fully saturated rings. The Bertz CT molecular complexity index is 1140. The Labute approximate surface area is 182 Å².